The molecule has 1 aliphatic rings. The fourth-order valence-corrected chi connectivity index (χ4v) is 3.57. The third kappa shape index (κ3) is 4.08. The van der Waals surface area contributed by atoms with Gasteiger partial charge in [-0.25, -0.2) is 0 Å². The van der Waals surface area contributed by atoms with E-state index in [-0.39, 0.29) is 11.9 Å². The highest BCUT2D eigenvalue weighted by Crippen LogP contribution is 2.33. The van der Waals surface area contributed by atoms with Gasteiger partial charge in [-0.3, -0.25) is 4.79 Å². The molecule has 0 bridgehead atoms. The van der Waals surface area contributed by atoms with E-state index in [0.717, 1.165) is 35.5 Å². The van der Waals surface area contributed by atoms with E-state index >= 15 is 0 Å². The summed E-state index contributed by atoms with van der Waals surface area (Å²) in [5.41, 5.74) is 1.79. The number of carbonyl (C=O) groups excluding carboxylic acids is 1. The molecule has 1 saturated heterocycles. The fourth-order valence-electron chi connectivity index (χ4n) is 3.57. The Balaban J connectivity index is 1.47. The molecule has 2 heterocycles. The van der Waals surface area contributed by atoms with Crippen LogP contribution in [0.5, 0.6) is 11.5 Å². The molecule has 0 radical (unpaired) electrons. The van der Waals surface area contributed by atoms with Crippen molar-refractivity contribution in [1.82, 2.24) is 15.0 Å². The first kappa shape index (κ1) is 19.0. The summed E-state index contributed by atoms with van der Waals surface area (Å²) in [5, 5.41) is 4.10. The lowest BCUT2D eigenvalue weighted by molar-refractivity contribution is -0.131. The Labute approximate surface area is 169 Å². The first-order chi connectivity index (χ1) is 14.2. The number of rotatable bonds is 6. The number of amides is 1. The van der Waals surface area contributed by atoms with Crippen molar-refractivity contribution >= 4 is 5.91 Å². The predicted molar refractivity (Wildman–Crippen MR) is 107 cm³/mol. The average Bonchev–Trinajstić information content (AvgIpc) is 3.44. The molecule has 0 unspecified atom stereocenters. The van der Waals surface area contributed by atoms with E-state index in [1.165, 1.54) is 0 Å². The first-order valence-corrected chi connectivity index (χ1v) is 9.58. The van der Waals surface area contributed by atoms with Crippen LogP contribution in [0.25, 0.3) is 11.4 Å². The number of hydrogen-bond donors (Lipinski definition) is 0. The summed E-state index contributed by atoms with van der Waals surface area (Å²) in [6.07, 6.45) is 2.07. The standard InChI is InChI=1S/C22H23N3O4/c1-27-17-9-5-15(6-10-17)14-20(26)25-13-3-4-19(25)22-23-21(24-29-22)16-7-11-18(28-2)12-8-16/h5-12,19H,3-4,13-14H2,1-2H3/t19-/m0/s1. The van der Waals surface area contributed by atoms with Crippen LogP contribution in [0.15, 0.2) is 53.1 Å². The van der Waals surface area contributed by atoms with Crippen molar-refractivity contribution in [2.45, 2.75) is 25.3 Å². The Morgan fingerprint density at radius 2 is 1.72 bits per heavy atom. The van der Waals surface area contributed by atoms with Crippen molar-refractivity contribution in [3.8, 4) is 22.9 Å². The lowest BCUT2D eigenvalue weighted by Crippen LogP contribution is -2.32. The third-order valence-corrected chi connectivity index (χ3v) is 5.16. The zero-order chi connectivity index (χ0) is 20.2. The first-order valence-electron chi connectivity index (χ1n) is 9.58. The molecule has 1 atom stereocenters. The van der Waals surface area contributed by atoms with Crippen molar-refractivity contribution in [2.24, 2.45) is 0 Å². The quantitative estimate of drug-likeness (QED) is 0.636. The maximum atomic E-state index is 12.9. The Bertz CT molecular complexity index is 966. The molecule has 150 valence electrons. The minimum atomic E-state index is -0.180. The Morgan fingerprint density at radius 3 is 2.38 bits per heavy atom. The molecular formula is C22H23N3O4. The van der Waals surface area contributed by atoms with Gasteiger partial charge in [0.15, 0.2) is 0 Å². The highest BCUT2D eigenvalue weighted by atomic mass is 16.5. The van der Waals surface area contributed by atoms with Crippen LogP contribution in [0, 0.1) is 0 Å². The minimum absolute atomic E-state index is 0.0573. The van der Waals surface area contributed by atoms with E-state index in [2.05, 4.69) is 10.1 Å². The van der Waals surface area contributed by atoms with Gasteiger partial charge in [0.05, 0.1) is 20.6 Å². The van der Waals surface area contributed by atoms with Crippen LogP contribution < -0.4 is 9.47 Å². The molecule has 0 aliphatic carbocycles. The predicted octanol–water partition coefficient (Wildman–Crippen LogP) is 3.66. The molecule has 1 aromatic heterocycles. The maximum absolute atomic E-state index is 12.9. The normalized spacial score (nSPS) is 16.1. The zero-order valence-corrected chi connectivity index (χ0v) is 16.5. The second kappa shape index (κ2) is 8.34. The summed E-state index contributed by atoms with van der Waals surface area (Å²) >= 11 is 0. The zero-order valence-electron chi connectivity index (χ0n) is 16.5. The van der Waals surface area contributed by atoms with E-state index in [4.69, 9.17) is 14.0 Å². The van der Waals surface area contributed by atoms with Gasteiger partial charge < -0.3 is 18.9 Å². The molecule has 1 amide bonds. The maximum Gasteiger partial charge on any atom is 0.249 e. The van der Waals surface area contributed by atoms with Gasteiger partial charge in [0, 0.05) is 12.1 Å². The molecule has 0 saturated carbocycles. The van der Waals surface area contributed by atoms with E-state index < -0.39 is 0 Å². The van der Waals surface area contributed by atoms with E-state index in [0.29, 0.717) is 24.7 Å². The number of methoxy groups -OCH3 is 2. The average molecular weight is 393 g/mol. The second-order valence-electron chi connectivity index (χ2n) is 6.95. The summed E-state index contributed by atoms with van der Waals surface area (Å²) in [4.78, 5) is 19.3. The number of carbonyl (C=O) groups is 1. The van der Waals surface area contributed by atoms with Crippen molar-refractivity contribution in [1.29, 1.82) is 0 Å². The summed E-state index contributed by atoms with van der Waals surface area (Å²) in [6.45, 7) is 0.694. The molecule has 1 aliphatic heterocycles. The van der Waals surface area contributed by atoms with Crippen molar-refractivity contribution in [3.63, 3.8) is 0 Å². The number of likely N-dealkylation sites (tertiary alicyclic amines) is 1. The monoisotopic (exact) mass is 393 g/mol. The van der Waals surface area contributed by atoms with Crippen LogP contribution in [0.4, 0.5) is 0 Å². The molecule has 2 aromatic carbocycles. The van der Waals surface area contributed by atoms with Crippen LogP contribution in [-0.4, -0.2) is 41.7 Å². The van der Waals surface area contributed by atoms with Crippen LogP contribution in [-0.2, 0) is 11.2 Å². The van der Waals surface area contributed by atoms with Gasteiger partial charge >= 0.3 is 0 Å². The highest BCUT2D eigenvalue weighted by molar-refractivity contribution is 5.79. The number of ether oxygens (including phenoxy) is 2. The van der Waals surface area contributed by atoms with Gasteiger partial charge in [-0.15, -0.1) is 0 Å². The molecule has 1 fully saturated rings. The lowest BCUT2D eigenvalue weighted by Gasteiger charge is -2.22. The number of hydrogen-bond acceptors (Lipinski definition) is 6. The summed E-state index contributed by atoms with van der Waals surface area (Å²) in [5.74, 6) is 2.59. The highest BCUT2D eigenvalue weighted by Gasteiger charge is 2.34. The number of nitrogens with zero attached hydrogens (tertiary/aromatic N) is 3. The van der Waals surface area contributed by atoms with Crippen molar-refractivity contribution < 1.29 is 18.8 Å². The third-order valence-electron chi connectivity index (χ3n) is 5.16. The summed E-state index contributed by atoms with van der Waals surface area (Å²) < 4.78 is 15.9. The Morgan fingerprint density at radius 1 is 1.07 bits per heavy atom. The van der Waals surface area contributed by atoms with Gasteiger partial charge in [0.1, 0.15) is 17.5 Å². The van der Waals surface area contributed by atoms with Gasteiger partial charge in [-0.2, -0.15) is 4.98 Å². The number of aromatic nitrogens is 2. The van der Waals surface area contributed by atoms with Crippen molar-refractivity contribution in [2.75, 3.05) is 20.8 Å². The van der Waals surface area contributed by atoms with Crippen LogP contribution in [0.1, 0.15) is 30.3 Å². The van der Waals surface area contributed by atoms with E-state index in [1.54, 1.807) is 14.2 Å². The molecular weight excluding hydrogens is 370 g/mol. The second-order valence-corrected chi connectivity index (χ2v) is 6.95. The van der Waals surface area contributed by atoms with Gasteiger partial charge in [0.25, 0.3) is 0 Å². The smallest absolute Gasteiger partial charge is 0.249 e. The fraction of sp³-hybridized carbons (Fsp3) is 0.318. The van der Waals surface area contributed by atoms with Crippen LogP contribution in [0.2, 0.25) is 0 Å². The number of benzene rings is 2. The molecule has 3 aromatic rings. The van der Waals surface area contributed by atoms with Crippen LogP contribution in [0.3, 0.4) is 0 Å². The van der Waals surface area contributed by atoms with Crippen molar-refractivity contribution in [3.05, 3.63) is 60.0 Å². The SMILES string of the molecule is COc1ccc(CC(=O)N2CCC[C@H]2c2nc(-c3ccc(OC)cc3)no2)cc1. The van der Waals surface area contributed by atoms with Gasteiger partial charge in [0.2, 0.25) is 17.6 Å². The topological polar surface area (TPSA) is 77.7 Å². The van der Waals surface area contributed by atoms with E-state index in [9.17, 15) is 4.79 Å². The molecule has 4 rings (SSSR count). The van der Waals surface area contributed by atoms with Crippen LogP contribution >= 0.6 is 0 Å². The molecule has 7 nitrogen and oxygen atoms in total. The largest absolute Gasteiger partial charge is 0.497 e. The lowest BCUT2D eigenvalue weighted by atomic mass is 10.1. The van der Waals surface area contributed by atoms with Gasteiger partial charge in [-0.1, -0.05) is 17.3 Å². The summed E-state index contributed by atoms with van der Waals surface area (Å²) in [6, 6.07) is 14.8. The minimum Gasteiger partial charge on any atom is -0.497 e. The van der Waals surface area contributed by atoms with E-state index in [1.807, 2.05) is 53.4 Å². The summed E-state index contributed by atoms with van der Waals surface area (Å²) in [7, 11) is 3.25. The molecule has 0 spiro atoms. The van der Waals surface area contributed by atoms with Gasteiger partial charge in [-0.05, 0) is 54.8 Å². The Kier molecular flexibility index (Phi) is 5.46. The molecule has 7 heteroatoms. The molecule has 0 N–H and O–H groups in total. The Hall–Kier alpha value is -3.35. The molecule has 29 heavy (non-hydrogen) atoms.